The summed E-state index contributed by atoms with van der Waals surface area (Å²) < 4.78 is 5.48. The summed E-state index contributed by atoms with van der Waals surface area (Å²) in [4.78, 5) is 4.79. The summed E-state index contributed by atoms with van der Waals surface area (Å²) in [6, 6.07) is 11.1. The van der Waals surface area contributed by atoms with Gasteiger partial charge in [-0.05, 0) is 12.6 Å². The highest BCUT2D eigenvalue weighted by atomic mass is 16.4. The summed E-state index contributed by atoms with van der Waals surface area (Å²) in [5.74, 6) is 1.34. The molecule has 1 aliphatic rings. The number of benzene rings is 1. The van der Waals surface area contributed by atoms with Crippen LogP contribution in [-0.2, 0) is 6.54 Å². The van der Waals surface area contributed by atoms with Crippen LogP contribution in [0.1, 0.15) is 23.4 Å². The van der Waals surface area contributed by atoms with Crippen LogP contribution < -0.4 is 0 Å². The van der Waals surface area contributed by atoms with Gasteiger partial charge in [-0.25, -0.2) is 0 Å². The molecule has 1 atom stereocenters. The molecular weight excluding hydrogens is 252 g/mol. The van der Waals surface area contributed by atoms with Gasteiger partial charge < -0.3 is 4.42 Å². The van der Waals surface area contributed by atoms with E-state index in [4.69, 9.17) is 4.42 Å². The van der Waals surface area contributed by atoms with Crippen molar-refractivity contribution in [3.05, 3.63) is 47.7 Å². The number of rotatable bonds is 3. The monoisotopic (exact) mass is 272 g/mol. The minimum absolute atomic E-state index is 0.425. The first-order chi connectivity index (χ1) is 9.72. The summed E-state index contributed by atoms with van der Waals surface area (Å²) in [5.41, 5.74) is 1.36. The quantitative estimate of drug-likeness (QED) is 0.853. The Morgan fingerprint density at radius 2 is 2.00 bits per heavy atom. The zero-order valence-electron chi connectivity index (χ0n) is 12.0. The highest BCUT2D eigenvalue weighted by Crippen LogP contribution is 2.24. The molecule has 2 heterocycles. The summed E-state index contributed by atoms with van der Waals surface area (Å²) in [6.45, 7) is 5.63. The van der Waals surface area contributed by atoms with Crippen LogP contribution in [0.15, 0.2) is 34.7 Å². The van der Waals surface area contributed by atoms with E-state index in [1.807, 2.05) is 6.92 Å². The van der Waals surface area contributed by atoms with E-state index >= 15 is 0 Å². The van der Waals surface area contributed by atoms with Gasteiger partial charge in [-0.1, -0.05) is 30.3 Å². The predicted octanol–water partition coefficient (Wildman–Crippen LogP) is 1.87. The molecule has 1 aliphatic heterocycles. The average molecular weight is 272 g/mol. The highest BCUT2D eigenvalue weighted by Gasteiger charge is 2.26. The third kappa shape index (κ3) is 2.89. The van der Waals surface area contributed by atoms with Crippen LogP contribution in [0.5, 0.6) is 0 Å². The summed E-state index contributed by atoms with van der Waals surface area (Å²) >= 11 is 0. The maximum atomic E-state index is 5.48. The zero-order chi connectivity index (χ0) is 13.9. The van der Waals surface area contributed by atoms with Crippen LogP contribution in [0.3, 0.4) is 0 Å². The topological polar surface area (TPSA) is 45.4 Å². The van der Waals surface area contributed by atoms with Crippen molar-refractivity contribution in [2.24, 2.45) is 0 Å². The van der Waals surface area contributed by atoms with Crippen molar-refractivity contribution in [1.29, 1.82) is 0 Å². The van der Waals surface area contributed by atoms with Gasteiger partial charge in [-0.3, -0.25) is 9.80 Å². The SMILES string of the molecule is Cc1nnc(CN2CCN(C)[C@H](c3ccccc3)C2)o1. The average Bonchev–Trinajstić information content (AvgIpc) is 2.87. The molecule has 0 unspecified atom stereocenters. The third-order valence-corrected chi connectivity index (χ3v) is 3.84. The van der Waals surface area contributed by atoms with Gasteiger partial charge in [-0.2, -0.15) is 0 Å². The number of likely N-dealkylation sites (N-methyl/N-ethyl adjacent to an activating group) is 1. The fourth-order valence-corrected chi connectivity index (χ4v) is 2.70. The molecule has 0 aliphatic carbocycles. The lowest BCUT2D eigenvalue weighted by Crippen LogP contribution is -2.46. The molecule has 0 saturated carbocycles. The van der Waals surface area contributed by atoms with Gasteiger partial charge in [0, 0.05) is 32.6 Å². The standard InChI is InChI=1S/C15H20N4O/c1-12-16-17-15(20-12)11-19-9-8-18(2)14(10-19)13-6-4-3-5-7-13/h3-7,14H,8-11H2,1-2H3/t14-/m0/s1. The van der Waals surface area contributed by atoms with Crippen molar-refractivity contribution >= 4 is 0 Å². The number of aromatic nitrogens is 2. The normalized spacial score (nSPS) is 21.2. The van der Waals surface area contributed by atoms with Crippen molar-refractivity contribution in [2.75, 3.05) is 26.7 Å². The van der Waals surface area contributed by atoms with Gasteiger partial charge in [-0.15, -0.1) is 10.2 Å². The predicted molar refractivity (Wildman–Crippen MR) is 76.1 cm³/mol. The van der Waals surface area contributed by atoms with Crippen LogP contribution in [0.25, 0.3) is 0 Å². The smallest absolute Gasteiger partial charge is 0.230 e. The number of piperazine rings is 1. The van der Waals surface area contributed by atoms with Crippen molar-refractivity contribution < 1.29 is 4.42 Å². The molecule has 106 valence electrons. The molecule has 0 radical (unpaired) electrons. The Morgan fingerprint density at radius 3 is 2.70 bits per heavy atom. The molecule has 1 fully saturated rings. The zero-order valence-corrected chi connectivity index (χ0v) is 12.0. The summed E-state index contributed by atoms with van der Waals surface area (Å²) in [7, 11) is 2.19. The molecule has 0 bridgehead atoms. The Kier molecular flexibility index (Phi) is 3.80. The van der Waals surface area contributed by atoms with Crippen molar-refractivity contribution in [3.63, 3.8) is 0 Å². The summed E-state index contributed by atoms with van der Waals surface area (Å²) in [6.07, 6.45) is 0. The Hall–Kier alpha value is -1.72. The van der Waals surface area contributed by atoms with Gasteiger partial charge in [0.25, 0.3) is 0 Å². The molecule has 5 heteroatoms. The van der Waals surface area contributed by atoms with Crippen LogP contribution in [0, 0.1) is 6.92 Å². The number of hydrogen-bond acceptors (Lipinski definition) is 5. The molecule has 20 heavy (non-hydrogen) atoms. The minimum Gasteiger partial charge on any atom is -0.424 e. The van der Waals surface area contributed by atoms with Crippen molar-refractivity contribution in [2.45, 2.75) is 19.5 Å². The van der Waals surface area contributed by atoms with Crippen molar-refractivity contribution in [1.82, 2.24) is 20.0 Å². The molecular formula is C15H20N4O. The Morgan fingerprint density at radius 1 is 1.20 bits per heavy atom. The molecule has 1 saturated heterocycles. The molecule has 0 N–H and O–H groups in total. The van der Waals surface area contributed by atoms with Crippen LogP contribution in [0.4, 0.5) is 0 Å². The fraction of sp³-hybridized carbons (Fsp3) is 0.467. The first-order valence-corrected chi connectivity index (χ1v) is 6.99. The van der Waals surface area contributed by atoms with Gasteiger partial charge in [0.2, 0.25) is 11.8 Å². The van der Waals surface area contributed by atoms with E-state index in [1.54, 1.807) is 0 Å². The largest absolute Gasteiger partial charge is 0.424 e. The van der Waals surface area contributed by atoms with Gasteiger partial charge >= 0.3 is 0 Å². The minimum atomic E-state index is 0.425. The Balaban J connectivity index is 1.70. The van der Waals surface area contributed by atoms with Crippen molar-refractivity contribution in [3.8, 4) is 0 Å². The molecule has 1 aromatic heterocycles. The van der Waals surface area contributed by atoms with E-state index in [9.17, 15) is 0 Å². The highest BCUT2D eigenvalue weighted by molar-refractivity contribution is 5.20. The second-order valence-corrected chi connectivity index (χ2v) is 5.36. The molecule has 0 spiro atoms. The van der Waals surface area contributed by atoms with Crippen LogP contribution in [0.2, 0.25) is 0 Å². The van der Waals surface area contributed by atoms with Crippen LogP contribution >= 0.6 is 0 Å². The third-order valence-electron chi connectivity index (χ3n) is 3.84. The lowest BCUT2D eigenvalue weighted by atomic mass is 10.0. The van der Waals surface area contributed by atoms with Gasteiger partial charge in [0.1, 0.15) is 0 Å². The second-order valence-electron chi connectivity index (χ2n) is 5.36. The molecule has 1 aromatic carbocycles. The molecule has 5 nitrogen and oxygen atoms in total. The number of aryl methyl sites for hydroxylation is 1. The van der Waals surface area contributed by atoms with E-state index in [1.165, 1.54) is 5.56 Å². The lowest BCUT2D eigenvalue weighted by Gasteiger charge is -2.39. The second kappa shape index (κ2) is 5.73. The maximum Gasteiger partial charge on any atom is 0.230 e. The van der Waals surface area contributed by atoms with E-state index in [0.717, 1.165) is 26.2 Å². The van der Waals surface area contributed by atoms with E-state index in [-0.39, 0.29) is 0 Å². The number of hydrogen-bond donors (Lipinski definition) is 0. The fourth-order valence-electron chi connectivity index (χ4n) is 2.70. The van der Waals surface area contributed by atoms with Gasteiger partial charge in [0.05, 0.1) is 6.54 Å². The first kappa shape index (κ1) is 13.3. The van der Waals surface area contributed by atoms with E-state index in [2.05, 4.69) is 57.4 Å². The van der Waals surface area contributed by atoms with E-state index in [0.29, 0.717) is 17.8 Å². The van der Waals surface area contributed by atoms with E-state index < -0.39 is 0 Å². The molecule has 2 aromatic rings. The maximum absolute atomic E-state index is 5.48. The molecule has 0 amide bonds. The first-order valence-electron chi connectivity index (χ1n) is 6.99. The Labute approximate surface area is 119 Å². The Bertz CT molecular complexity index is 554. The van der Waals surface area contributed by atoms with Crippen LogP contribution in [-0.4, -0.2) is 46.7 Å². The van der Waals surface area contributed by atoms with Gasteiger partial charge in [0.15, 0.2) is 0 Å². The lowest BCUT2D eigenvalue weighted by molar-refractivity contribution is 0.0840. The number of nitrogens with zero attached hydrogens (tertiary/aromatic N) is 4. The molecule has 3 rings (SSSR count). The summed E-state index contributed by atoms with van der Waals surface area (Å²) in [5, 5.41) is 7.98.